The third-order valence-corrected chi connectivity index (χ3v) is 3.35. The van der Waals surface area contributed by atoms with E-state index >= 15 is 0 Å². The molecule has 0 atom stereocenters. The van der Waals surface area contributed by atoms with Crippen LogP contribution in [-0.2, 0) is 0 Å². The maximum atomic E-state index is 13.6. The number of ether oxygens (including phenoxy) is 1. The van der Waals surface area contributed by atoms with E-state index in [0.29, 0.717) is 20.8 Å². The van der Waals surface area contributed by atoms with Crippen molar-refractivity contribution in [1.82, 2.24) is 0 Å². The minimum atomic E-state index is -0.489. The first kappa shape index (κ1) is 14.2. The molecule has 0 bridgehead atoms. The molecule has 2 rings (SSSR count). The SMILES string of the molecule is NC(=S)c1c(Cl)cccc1Oc1cc(Br)ccc1F. The summed E-state index contributed by atoms with van der Waals surface area (Å²) in [6, 6.07) is 9.33. The molecule has 0 aliphatic carbocycles. The van der Waals surface area contributed by atoms with Gasteiger partial charge in [0.15, 0.2) is 11.6 Å². The van der Waals surface area contributed by atoms with Crippen molar-refractivity contribution in [1.29, 1.82) is 0 Å². The van der Waals surface area contributed by atoms with Gasteiger partial charge in [-0.2, -0.15) is 0 Å². The molecule has 98 valence electrons. The summed E-state index contributed by atoms with van der Waals surface area (Å²) in [6.07, 6.45) is 0. The van der Waals surface area contributed by atoms with Gasteiger partial charge in [-0.15, -0.1) is 0 Å². The number of hydrogen-bond donors (Lipinski definition) is 1. The molecule has 0 heterocycles. The zero-order chi connectivity index (χ0) is 14.0. The van der Waals surface area contributed by atoms with Crippen molar-refractivity contribution < 1.29 is 9.13 Å². The third kappa shape index (κ3) is 3.23. The Morgan fingerprint density at radius 2 is 2.00 bits per heavy atom. The maximum Gasteiger partial charge on any atom is 0.165 e. The zero-order valence-corrected chi connectivity index (χ0v) is 12.7. The van der Waals surface area contributed by atoms with Gasteiger partial charge in [0.25, 0.3) is 0 Å². The maximum absolute atomic E-state index is 13.6. The summed E-state index contributed by atoms with van der Waals surface area (Å²) in [5, 5.41) is 0.361. The van der Waals surface area contributed by atoms with E-state index in [4.69, 9.17) is 34.3 Å². The van der Waals surface area contributed by atoms with Crippen molar-refractivity contribution in [3.63, 3.8) is 0 Å². The van der Waals surface area contributed by atoms with E-state index in [2.05, 4.69) is 15.9 Å². The van der Waals surface area contributed by atoms with Crippen molar-refractivity contribution in [2.75, 3.05) is 0 Å². The number of thiocarbonyl (C=S) groups is 1. The number of nitrogens with two attached hydrogens (primary N) is 1. The lowest BCUT2D eigenvalue weighted by Crippen LogP contribution is -2.11. The Morgan fingerprint density at radius 1 is 1.26 bits per heavy atom. The van der Waals surface area contributed by atoms with Crippen molar-refractivity contribution >= 4 is 44.7 Å². The minimum Gasteiger partial charge on any atom is -0.453 e. The van der Waals surface area contributed by atoms with Crippen LogP contribution in [0, 0.1) is 5.82 Å². The quantitative estimate of drug-likeness (QED) is 0.808. The highest BCUT2D eigenvalue weighted by atomic mass is 79.9. The summed E-state index contributed by atoms with van der Waals surface area (Å²) in [5.41, 5.74) is 5.99. The summed E-state index contributed by atoms with van der Waals surface area (Å²) >= 11 is 14.2. The Kier molecular flexibility index (Phi) is 4.39. The van der Waals surface area contributed by atoms with Crippen LogP contribution >= 0.6 is 39.7 Å². The van der Waals surface area contributed by atoms with Crippen LogP contribution in [0.3, 0.4) is 0 Å². The summed E-state index contributed by atoms with van der Waals surface area (Å²) in [6.45, 7) is 0. The minimum absolute atomic E-state index is 0.0640. The molecule has 0 spiro atoms. The summed E-state index contributed by atoms with van der Waals surface area (Å²) in [7, 11) is 0. The number of halogens is 3. The average Bonchev–Trinajstić information content (AvgIpc) is 2.33. The fourth-order valence-electron chi connectivity index (χ4n) is 1.50. The van der Waals surface area contributed by atoms with Gasteiger partial charge in [-0.1, -0.05) is 45.8 Å². The van der Waals surface area contributed by atoms with Crippen LogP contribution in [0.2, 0.25) is 5.02 Å². The third-order valence-electron chi connectivity index (χ3n) is 2.33. The van der Waals surface area contributed by atoms with Gasteiger partial charge in [0.1, 0.15) is 10.7 Å². The van der Waals surface area contributed by atoms with Gasteiger partial charge in [-0.05, 0) is 30.3 Å². The van der Waals surface area contributed by atoms with Crippen molar-refractivity contribution in [2.24, 2.45) is 5.73 Å². The van der Waals surface area contributed by atoms with E-state index in [1.165, 1.54) is 12.1 Å². The zero-order valence-electron chi connectivity index (χ0n) is 9.49. The molecule has 19 heavy (non-hydrogen) atoms. The van der Waals surface area contributed by atoms with Crippen molar-refractivity contribution in [3.8, 4) is 11.5 Å². The summed E-state index contributed by atoms with van der Waals surface area (Å²) < 4.78 is 19.8. The van der Waals surface area contributed by atoms with E-state index in [1.54, 1.807) is 24.3 Å². The normalized spacial score (nSPS) is 10.3. The predicted molar refractivity (Wildman–Crippen MR) is 81.5 cm³/mol. The monoisotopic (exact) mass is 359 g/mol. The molecule has 0 amide bonds. The van der Waals surface area contributed by atoms with Crippen LogP contribution in [0.5, 0.6) is 11.5 Å². The Bertz CT molecular complexity index is 651. The molecule has 2 N–H and O–H groups in total. The second-order valence-electron chi connectivity index (χ2n) is 3.65. The van der Waals surface area contributed by atoms with E-state index in [0.717, 1.165) is 0 Å². The molecule has 0 aliphatic heterocycles. The van der Waals surface area contributed by atoms with Crippen LogP contribution in [0.15, 0.2) is 40.9 Å². The second-order valence-corrected chi connectivity index (χ2v) is 5.42. The molecule has 0 fully saturated rings. The van der Waals surface area contributed by atoms with E-state index < -0.39 is 5.82 Å². The van der Waals surface area contributed by atoms with Gasteiger partial charge in [0.2, 0.25) is 0 Å². The fourth-order valence-corrected chi connectivity index (χ4v) is 2.38. The van der Waals surface area contributed by atoms with Gasteiger partial charge >= 0.3 is 0 Å². The summed E-state index contributed by atoms with van der Waals surface area (Å²) in [5.74, 6) is -0.108. The van der Waals surface area contributed by atoms with E-state index in [1.807, 2.05) is 0 Å². The van der Waals surface area contributed by atoms with Gasteiger partial charge in [-0.25, -0.2) is 4.39 Å². The number of rotatable bonds is 3. The predicted octanol–water partition coefficient (Wildman–Crippen LogP) is 4.67. The Labute approximate surface area is 128 Å². The molecule has 2 aromatic rings. The van der Waals surface area contributed by atoms with Crippen LogP contribution < -0.4 is 10.5 Å². The number of benzene rings is 2. The molecule has 0 saturated heterocycles. The molecule has 2 nitrogen and oxygen atoms in total. The van der Waals surface area contributed by atoms with Gasteiger partial charge in [0.05, 0.1) is 10.6 Å². The van der Waals surface area contributed by atoms with Crippen LogP contribution in [0.1, 0.15) is 5.56 Å². The highest BCUT2D eigenvalue weighted by molar-refractivity contribution is 9.10. The highest BCUT2D eigenvalue weighted by Crippen LogP contribution is 2.32. The van der Waals surface area contributed by atoms with Gasteiger partial charge < -0.3 is 10.5 Å². The second kappa shape index (κ2) is 5.86. The molecule has 0 aromatic heterocycles. The lowest BCUT2D eigenvalue weighted by molar-refractivity contribution is 0.441. The Hall–Kier alpha value is -1.17. The van der Waals surface area contributed by atoms with E-state index in [9.17, 15) is 4.39 Å². The Balaban J connectivity index is 2.46. The molecule has 0 saturated carbocycles. The van der Waals surface area contributed by atoms with Crippen LogP contribution in [0.4, 0.5) is 4.39 Å². The Morgan fingerprint density at radius 3 is 2.68 bits per heavy atom. The smallest absolute Gasteiger partial charge is 0.165 e. The largest absolute Gasteiger partial charge is 0.453 e. The van der Waals surface area contributed by atoms with Gasteiger partial charge in [-0.3, -0.25) is 0 Å². The fraction of sp³-hybridized carbons (Fsp3) is 0. The lowest BCUT2D eigenvalue weighted by atomic mass is 10.2. The standard InChI is InChI=1S/C13H8BrClFNOS/c14-7-4-5-9(16)11(6-7)18-10-3-1-2-8(15)12(10)13(17)19/h1-6H,(H2,17,19). The molecule has 6 heteroatoms. The topological polar surface area (TPSA) is 35.2 Å². The van der Waals surface area contributed by atoms with Crippen molar-refractivity contribution in [3.05, 3.63) is 57.3 Å². The first-order valence-corrected chi connectivity index (χ1v) is 6.78. The van der Waals surface area contributed by atoms with E-state index in [-0.39, 0.29) is 10.7 Å². The molecule has 0 radical (unpaired) electrons. The first-order valence-electron chi connectivity index (χ1n) is 5.20. The lowest BCUT2D eigenvalue weighted by Gasteiger charge is -2.12. The van der Waals surface area contributed by atoms with Gasteiger partial charge in [0, 0.05) is 4.47 Å². The first-order chi connectivity index (χ1) is 8.99. The molecule has 0 unspecified atom stereocenters. The molecule has 0 aliphatic rings. The summed E-state index contributed by atoms with van der Waals surface area (Å²) in [4.78, 5) is 0.0935. The number of hydrogen-bond acceptors (Lipinski definition) is 2. The molecular formula is C13H8BrClFNOS. The van der Waals surface area contributed by atoms with Crippen molar-refractivity contribution in [2.45, 2.75) is 0 Å². The average molecular weight is 361 g/mol. The highest BCUT2D eigenvalue weighted by Gasteiger charge is 2.13. The van der Waals surface area contributed by atoms with Crippen LogP contribution in [-0.4, -0.2) is 4.99 Å². The molecular weight excluding hydrogens is 353 g/mol. The van der Waals surface area contributed by atoms with Crippen LogP contribution in [0.25, 0.3) is 0 Å². The molecule has 2 aromatic carbocycles.